The predicted octanol–water partition coefficient (Wildman–Crippen LogP) is 1.94. The average Bonchev–Trinajstić information content (AvgIpc) is 2.74. The highest BCUT2D eigenvalue weighted by atomic mass is 16.5. The number of furan rings is 1. The highest BCUT2D eigenvalue weighted by Crippen LogP contribution is 2.24. The summed E-state index contributed by atoms with van der Waals surface area (Å²) >= 11 is 0. The molecule has 0 bridgehead atoms. The summed E-state index contributed by atoms with van der Waals surface area (Å²) in [6.07, 6.45) is -0.249. The van der Waals surface area contributed by atoms with Gasteiger partial charge in [0.1, 0.15) is 17.9 Å². The predicted molar refractivity (Wildman–Crippen MR) is 70.7 cm³/mol. The van der Waals surface area contributed by atoms with Crippen molar-refractivity contribution in [2.24, 2.45) is 0 Å². The number of hydrogen-bond acceptors (Lipinski definition) is 4. The third-order valence-corrected chi connectivity index (χ3v) is 2.75. The summed E-state index contributed by atoms with van der Waals surface area (Å²) in [4.78, 5) is 22.7. The van der Waals surface area contributed by atoms with Crippen LogP contribution in [-0.2, 0) is 19.7 Å². The van der Waals surface area contributed by atoms with Crippen LogP contribution in [0.3, 0.4) is 0 Å². The molecule has 0 spiro atoms. The second-order valence-electron chi connectivity index (χ2n) is 5.05. The first-order valence-electron chi connectivity index (χ1n) is 6.34. The fourth-order valence-corrected chi connectivity index (χ4v) is 1.61. The van der Waals surface area contributed by atoms with Gasteiger partial charge >= 0.3 is 5.97 Å². The van der Waals surface area contributed by atoms with E-state index >= 15 is 0 Å². The fourth-order valence-electron chi connectivity index (χ4n) is 1.61. The molecule has 1 amide bonds. The van der Waals surface area contributed by atoms with Crippen LogP contribution in [0, 0.1) is 6.92 Å². The summed E-state index contributed by atoms with van der Waals surface area (Å²) in [5, 5.41) is 2.72. The van der Waals surface area contributed by atoms with Crippen LogP contribution in [0.1, 0.15) is 38.7 Å². The lowest BCUT2D eigenvalue weighted by Crippen LogP contribution is -2.37. The second kappa shape index (κ2) is 6.41. The maximum atomic E-state index is 11.6. The Hall–Kier alpha value is -1.78. The molecule has 0 saturated heterocycles. The summed E-state index contributed by atoms with van der Waals surface area (Å²) in [6, 6.07) is 3.78. The molecule has 1 aromatic heterocycles. The first-order chi connectivity index (χ1) is 8.85. The summed E-state index contributed by atoms with van der Waals surface area (Å²) in [7, 11) is 0. The van der Waals surface area contributed by atoms with Gasteiger partial charge in [0.15, 0.2) is 0 Å². The molecule has 106 valence electrons. The number of aryl methyl sites for hydroxylation is 1. The Labute approximate surface area is 113 Å². The van der Waals surface area contributed by atoms with E-state index in [0.29, 0.717) is 6.54 Å². The van der Waals surface area contributed by atoms with E-state index in [-0.39, 0.29) is 24.3 Å². The van der Waals surface area contributed by atoms with E-state index in [1.54, 1.807) is 6.92 Å². The third kappa shape index (κ3) is 4.77. The normalized spacial score (nSPS) is 11.2. The highest BCUT2D eigenvalue weighted by Gasteiger charge is 2.25. The molecule has 0 fully saturated rings. The van der Waals surface area contributed by atoms with Gasteiger partial charge in [-0.1, -0.05) is 13.8 Å². The number of esters is 1. The van der Waals surface area contributed by atoms with Crippen molar-refractivity contribution >= 4 is 11.9 Å². The van der Waals surface area contributed by atoms with E-state index in [9.17, 15) is 9.59 Å². The van der Waals surface area contributed by atoms with Gasteiger partial charge in [-0.05, 0) is 26.0 Å². The van der Waals surface area contributed by atoms with Gasteiger partial charge in [-0.3, -0.25) is 9.59 Å². The molecule has 0 unspecified atom stereocenters. The molecule has 5 heteroatoms. The zero-order chi connectivity index (χ0) is 14.5. The van der Waals surface area contributed by atoms with Crippen molar-refractivity contribution in [2.75, 3.05) is 13.2 Å². The van der Waals surface area contributed by atoms with Crippen LogP contribution in [0.25, 0.3) is 0 Å². The van der Waals surface area contributed by atoms with E-state index in [2.05, 4.69) is 5.32 Å². The number of carbonyl (C=O) groups is 2. The first-order valence-corrected chi connectivity index (χ1v) is 6.34. The number of amides is 1. The van der Waals surface area contributed by atoms with E-state index < -0.39 is 5.97 Å². The molecule has 19 heavy (non-hydrogen) atoms. The Morgan fingerprint density at radius 3 is 2.58 bits per heavy atom. The number of hydrogen-bond donors (Lipinski definition) is 1. The zero-order valence-corrected chi connectivity index (χ0v) is 11.9. The van der Waals surface area contributed by atoms with Crippen molar-refractivity contribution in [3.63, 3.8) is 0 Å². The largest absolute Gasteiger partial charge is 0.466 e. The first kappa shape index (κ1) is 15.3. The summed E-state index contributed by atoms with van der Waals surface area (Å²) in [5.74, 6) is 0.795. The minimum atomic E-state index is -0.508. The second-order valence-corrected chi connectivity index (χ2v) is 5.05. The van der Waals surface area contributed by atoms with E-state index in [1.807, 2.05) is 32.9 Å². The molecule has 0 aliphatic rings. The Balaban J connectivity index is 2.47. The smallest absolute Gasteiger partial charge is 0.315 e. The van der Waals surface area contributed by atoms with Crippen LogP contribution < -0.4 is 5.32 Å². The Morgan fingerprint density at radius 2 is 2.05 bits per heavy atom. The average molecular weight is 267 g/mol. The lowest BCUT2D eigenvalue weighted by atomic mass is 9.90. The van der Waals surface area contributed by atoms with Crippen molar-refractivity contribution in [2.45, 2.75) is 39.5 Å². The van der Waals surface area contributed by atoms with Crippen molar-refractivity contribution < 1.29 is 18.7 Å². The van der Waals surface area contributed by atoms with Gasteiger partial charge in [0.2, 0.25) is 5.91 Å². The molecule has 1 aromatic rings. The zero-order valence-electron chi connectivity index (χ0n) is 11.9. The molecule has 0 aromatic carbocycles. The van der Waals surface area contributed by atoms with Gasteiger partial charge in [-0.15, -0.1) is 0 Å². The highest BCUT2D eigenvalue weighted by molar-refractivity contribution is 5.94. The molecule has 0 atom stereocenters. The van der Waals surface area contributed by atoms with Crippen LogP contribution in [0.4, 0.5) is 0 Å². The monoisotopic (exact) mass is 267 g/mol. The standard InChI is InChI=1S/C14H21NO4/c1-5-18-13(17)8-12(16)15-9-14(3,4)11-7-6-10(2)19-11/h6-7H,5,8-9H2,1-4H3,(H,15,16). The van der Waals surface area contributed by atoms with Gasteiger partial charge in [0.25, 0.3) is 0 Å². The van der Waals surface area contributed by atoms with E-state index in [1.165, 1.54) is 0 Å². The van der Waals surface area contributed by atoms with Crippen molar-refractivity contribution in [1.29, 1.82) is 0 Å². The van der Waals surface area contributed by atoms with Gasteiger partial charge in [0.05, 0.1) is 6.61 Å². The number of rotatable bonds is 6. The lowest BCUT2D eigenvalue weighted by Gasteiger charge is -2.22. The summed E-state index contributed by atoms with van der Waals surface area (Å²) in [5.41, 5.74) is -0.321. The number of nitrogens with one attached hydrogen (secondary N) is 1. The minimum Gasteiger partial charge on any atom is -0.466 e. The molecule has 5 nitrogen and oxygen atoms in total. The van der Waals surface area contributed by atoms with E-state index in [0.717, 1.165) is 11.5 Å². The SMILES string of the molecule is CCOC(=O)CC(=O)NCC(C)(C)c1ccc(C)o1. The third-order valence-electron chi connectivity index (χ3n) is 2.75. The molecular weight excluding hydrogens is 246 g/mol. The molecule has 1 heterocycles. The Kier molecular flexibility index (Phi) is 5.15. The summed E-state index contributed by atoms with van der Waals surface area (Å²) in [6.45, 7) is 8.20. The van der Waals surface area contributed by atoms with Crippen LogP contribution in [0.5, 0.6) is 0 Å². The quantitative estimate of drug-likeness (QED) is 0.631. The number of carbonyl (C=O) groups excluding carboxylic acids is 2. The molecule has 1 N–H and O–H groups in total. The van der Waals surface area contributed by atoms with E-state index in [4.69, 9.17) is 9.15 Å². The van der Waals surface area contributed by atoms with Crippen molar-refractivity contribution in [1.82, 2.24) is 5.32 Å². The minimum absolute atomic E-state index is 0.249. The van der Waals surface area contributed by atoms with Gasteiger partial charge in [-0.2, -0.15) is 0 Å². The molecule has 0 saturated carbocycles. The topological polar surface area (TPSA) is 68.5 Å². The van der Waals surface area contributed by atoms with Gasteiger partial charge < -0.3 is 14.5 Å². The molecule has 0 aliphatic heterocycles. The summed E-state index contributed by atoms with van der Waals surface area (Å²) < 4.78 is 10.3. The molecule has 0 radical (unpaired) electrons. The van der Waals surface area contributed by atoms with Crippen LogP contribution >= 0.6 is 0 Å². The Bertz CT molecular complexity index is 448. The lowest BCUT2D eigenvalue weighted by molar-refractivity contribution is -0.146. The maximum absolute atomic E-state index is 11.6. The number of ether oxygens (including phenoxy) is 1. The molecule has 0 aliphatic carbocycles. The van der Waals surface area contributed by atoms with Crippen molar-refractivity contribution in [3.05, 3.63) is 23.7 Å². The molecular formula is C14H21NO4. The van der Waals surface area contributed by atoms with Crippen molar-refractivity contribution in [3.8, 4) is 0 Å². The fraction of sp³-hybridized carbons (Fsp3) is 0.571. The van der Waals surface area contributed by atoms with Gasteiger partial charge in [0, 0.05) is 12.0 Å². The van der Waals surface area contributed by atoms with Crippen LogP contribution in [0.2, 0.25) is 0 Å². The molecule has 1 rings (SSSR count). The van der Waals surface area contributed by atoms with Crippen LogP contribution in [0.15, 0.2) is 16.5 Å². The van der Waals surface area contributed by atoms with Crippen LogP contribution in [-0.4, -0.2) is 25.0 Å². The van der Waals surface area contributed by atoms with Gasteiger partial charge in [-0.25, -0.2) is 0 Å². The maximum Gasteiger partial charge on any atom is 0.315 e. The Morgan fingerprint density at radius 1 is 1.37 bits per heavy atom.